The molecule has 0 spiro atoms. The third kappa shape index (κ3) is 5.17. The number of nitrogens with zero attached hydrogens (tertiary/aromatic N) is 3. The van der Waals surface area contributed by atoms with Gasteiger partial charge < -0.3 is 4.74 Å². The number of fused-ring (bicyclic) bond motifs is 1. The van der Waals surface area contributed by atoms with Gasteiger partial charge in [-0.2, -0.15) is 0 Å². The molecule has 2 aromatic heterocycles. The standard InChI is InChI=1S/C25H30FN3O5S/c1-16(2)28-21-12-18(22(30)14-25(4)8-10-35(32,33)11-9-25)15-27-23(21)29(24(28)31)19-6-5-7-20(13-19)34-17(3)26/h5-7,12-13,15-17H,8-11,14H2,1-4H3. The number of rotatable bonds is 7. The molecule has 1 aliphatic heterocycles. The van der Waals surface area contributed by atoms with E-state index in [1.54, 1.807) is 34.9 Å². The first-order chi connectivity index (χ1) is 16.4. The van der Waals surface area contributed by atoms with Gasteiger partial charge in [-0.15, -0.1) is 0 Å². The van der Waals surface area contributed by atoms with Crippen LogP contribution in [0.5, 0.6) is 5.75 Å². The van der Waals surface area contributed by atoms with Crippen molar-refractivity contribution >= 4 is 26.8 Å². The molecule has 0 bridgehead atoms. The lowest BCUT2D eigenvalue weighted by atomic mass is 9.78. The van der Waals surface area contributed by atoms with Crippen LogP contribution < -0.4 is 10.4 Å². The van der Waals surface area contributed by atoms with Crippen molar-refractivity contribution < 1.29 is 22.3 Å². The predicted molar refractivity (Wildman–Crippen MR) is 132 cm³/mol. The minimum Gasteiger partial charge on any atom is -0.461 e. The van der Waals surface area contributed by atoms with Gasteiger partial charge in [0.15, 0.2) is 11.4 Å². The van der Waals surface area contributed by atoms with E-state index >= 15 is 0 Å². The maximum Gasteiger partial charge on any atom is 0.335 e. The second kappa shape index (κ2) is 9.22. The molecule has 0 amide bonds. The van der Waals surface area contributed by atoms with E-state index in [0.29, 0.717) is 35.3 Å². The largest absolute Gasteiger partial charge is 0.461 e. The number of Topliss-reactive ketones (excluding diaryl/α,β-unsaturated/α-hetero) is 1. The summed E-state index contributed by atoms with van der Waals surface area (Å²) in [5.41, 5.74) is 1.01. The Morgan fingerprint density at radius 1 is 1.20 bits per heavy atom. The molecule has 188 valence electrons. The summed E-state index contributed by atoms with van der Waals surface area (Å²) in [6.45, 7) is 6.95. The number of ketones is 1. The number of alkyl halides is 1. The molecule has 8 nitrogen and oxygen atoms in total. The third-order valence-corrected chi connectivity index (χ3v) is 8.20. The van der Waals surface area contributed by atoms with Crippen molar-refractivity contribution in [2.45, 2.75) is 59.4 Å². The quantitative estimate of drug-likeness (QED) is 0.447. The molecule has 0 saturated carbocycles. The fourth-order valence-corrected chi connectivity index (χ4v) is 6.37. The first-order valence-corrected chi connectivity index (χ1v) is 13.5. The molecule has 0 aliphatic carbocycles. The lowest BCUT2D eigenvalue weighted by Crippen LogP contribution is -2.33. The molecular weight excluding hydrogens is 473 g/mol. The van der Waals surface area contributed by atoms with Crippen LogP contribution >= 0.6 is 0 Å². The summed E-state index contributed by atoms with van der Waals surface area (Å²) in [5.74, 6) is 0.329. The Morgan fingerprint density at radius 2 is 1.89 bits per heavy atom. The summed E-state index contributed by atoms with van der Waals surface area (Å²) in [7, 11) is -3.03. The van der Waals surface area contributed by atoms with Crippen LogP contribution in [0.25, 0.3) is 16.9 Å². The topological polar surface area (TPSA) is 100 Å². The first kappa shape index (κ1) is 25.1. The molecule has 3 heterocycles. The molecule has 1 unspecified atom stereocenters. The first-order valence-electron chi connectivity index (χ1n) is 11.7. The monoisotopic (exact) mass is 503 g/mol. The summed E-state index contributed by atoms with van der Waals surface area (Å²) in [5, 5.41) is 0. The van der Waals surface area contributed by atoms with Crippen LogP contribution in [0.2, 0.25) is 0 Å². The van der Waals surface area contributed by atoms with Crippen molar-refractivity contribution in [1.29, 1.82) is 0 Å². The van der Waals surface area contributed by atoms with Crippen LogP contribution in [0.1, 0.15) is 63.4 Å². The Balaban J connectivity index is 1.74. The average Bonchev–Trinajstić information content (AvgIpc) is 3.07. The van der Waals surface area contributed by atoms with Crippen LogP contribution in [-0.4, -0.2) is 46.2 Å². The second-order valence-corrected chi connectivity index (χ2v) is 12.2. The van der Waals surface area contributed by atoms with E-state index in [9.17, 15) is 22.4 Å². The zero-order chi connectivity index (χ0) is 25.5. The number of carbonyl (C=O) groups is 1. The number of aromatic nitrogens is 3. The number of hydrogen-bond acceptors (Lipinski definition) is 6. The maximum absolute atomic E-state index is 13.4. The molecule has 10 heteroatoms. The zero-order valence-electron chi connectivity index (χ0n) is 20.3. The van der Waals surface area contributed by atoms with Gasteiger partial charge in [-0.1, -0.05) is 13.0 Å². The molecular formula is C25H30FN3O5S. The number of pyridine rings is 1. The number of carbonyl (C=O) groups excluding carboxylic acids is 1. The van der Waals surface area contributed by atoms with Crippen molar-refractivity contribution in [3.05, 3.63) is 52.6 Å². The van der Waals surface area contributed by atoms with E-state index < -0.39 is 21.6 Å². The molecule has 1 aliphatic rings. The summed E-state index contributed by atoms with van der Waals surface area (Å²) >= 11 is 0. The van der Waals surface area contributed by atoms with Crippen LogP contribution in [0.15, 0.2) is 41.3 Å². The van der Waals surface area contributed by atoms with Gasteiger partial charge in [0, 0.05) is 37.2 Å². The van der Waals surface area contributed by atoms with Crippen molar-refractivity contribution in [2.75, 3.05) is 11.5 Å². The number of sulfone groups is 1. The van der Waals surface area contributed by atoms with Gasteiger partial charge in [-0.3, -0.25) is 9.36 Å². The van der Waals surface area contributed by atoms with Crippen molar-refractivity contribution in [1.82, 2.24) is 14.1 Å². The summed E-state index contributed by atoms with van der Waals surface area (Å²) in [6, 6.07) is 8.02. The summed E-state index contributed by atoms with van der Waals surface area (Å²) in [4.78, 5) is 31.1. The molecule has 0 N–H and O–H groups in total. The highest BCUT2D eigenvalue weighted by atomic mass is 32.2. The smallest absolute Gasteiger partial charge is 0.335 e. The zero-order valence-corrected chi connectivity index (χ0v) is 21.1. The van der Waals surface area contributed by atoms with E-state index in [4.69, 9.17) is 4.74 Å². The van der Waals surface area contributed by atoms with Gasteiger partial charge in [0.1, 0.15) is 15.6 Å². The van der Waals surface area contributed by atoms with E-state index in [0.717, 1.165) is 0 Å². The van der Waals surface area contributed by atoms with Gasteiger partial charge in [0.05, 0.1) is 22.7 Å². The molecule has 35 heavy (non-hydrogen) atoms. The summed E-state index contributed by atoms with van der Waals surface area (Å²) in [6.07, 6.45) is 1.05. The lowest BCUT2D eigenvalue weighted by molar-refractivity contribution is 0.0860. The molecule has 4 rings (SSSR count). The third-order valence-electron chi connectivity index (χ3n) is 6.55. The molecule has 1 aromatic carbocycles. The van der Waals surface area contributed by atoms with Crippen LogP contribution in [-0.2, 0) is 9.84 Å². The van der Waals surface area contributed by atoms with E-state index in [2.05, 4.69) is 4.98 Å². The Hall–Kier alpha value is -3.01. The SMILES string of the molecule is CC(F)Oc1cccc(-n2c(=O)n(C(C)C)c3cc(C(=O)CC4(C)CCS(=O)(=O)CC4)cnc32)c1. The highest BCUT2D eigenvalue weighted by Crippen LogP contribution is 2.36. The van der Waals surface area contributed by atoms with Gasteiger partial charge in [-0.25, -0.2) is 27.2 Å². The Kier molecular flexibility index (Phi) is 6.61. The number of hydrogen-bond donors (Lipinski definition) is 0. The highest BCUT2D eigenvalue weighted by Gasteiger charge is 2.35. The molecule has 1 fully saturated rings. The fourth-order valence-electron chi connectivity index (χ4n) is 4.56. The Labute approximate surface area is 203 Å². The van der Waals surface area contributed by atoms with Crippen molar-refractivity contribution in [3.63, 3.8) is 0 Å². The molecule has 1 atom stereocenters. The minimum absolute atomic E-state index is 0.0910. The summed E-state index contributed by atoms with van der Waals surface area (Å²) < 4.78 is 45.1. The normalized spacial score (nSPS) is 18.0. The predicted octanol–water partition coefficient (Wildman–Crippen LogP) is 4.25. The van der Waals surface area contributed by atoms with E-state index in [1.165, 1.54) is 17.7 Å². The van der Waals surface area contributed by atoms with Gasteiger partial charge in [0.2, 0.25) is 6.36 Å². The Morgan fingerprint density at radius 3 is 2.51 bits per heavy atom. The fraction of sp³-hybridized carbons (Fsp3) is 0.480. The minimum atomic E-state index is -3.03. The van der Waals surface area contributed by atoms with Crippen LogP contribution in [0, 0.1) is 5.41 Å². The Bertz CT molecular complexity index is 1430. The van der Waals surface area contributed by atoms with Gasteiger partial charge >= 0.3 is 5.69 Å². The number of imidazole rings is 1. The number of ether oxygens (including phenoxy) is 1. The lowest BCUT2D eigenvalue weighted by Gasteiger charge is -2.32. The van der Waals surface area contributed by atoms with Gasteiger partial charge in [-0.05, 0) is 50.3 Å². The molecule has 3 aromatic rings. The average molecular weight is 504 g/mol. The molecule has 1 saturated heterocycles. The number of halogens is 1. The van der Waals surface area contributed by atoms with Crippen molar-refractivity contribution in [3.8, 4) is 11.4 Å². The van der Waals surface area contributed by atoms with Crippen molar-refractivity contribution in [2.24, 2.45) is 5.41 Å². The van der Waals surface area contributed by atoms with Gasteiger partial charge in [0.25, 0.3) is 0 Å². The second-order valence-electron chi connectivity index (χ2n) is 9.87. The van der Waals surface area contributed by atoms with Crippen LogP contribution in [0.3, 0.4) is 0 Å². The van der Waals surface area contributed by atoms with E-state index in [1.807, 2.05) is 20.8 Å². The molecule has 0 radical (unpaired) electrons. The maximum atomic E-state index is 13.4. The van der Waals surface area contributed by atoms with Crippen LogP contribution in [0.4, 0.5) is 4.39 Å². The number of benzene rings is 1. The van der Waals surface area contributed by atoms with E-state index in [-0.39, 0.29) is 41.2 Å². The highest BCUT2D eigenvalue weighted by molar-refractivity contribution is 7.91.